The number of alkyl halides is 5. The van der Waals surface area contributed by atoms with E-state index >= 15 is 0 Å². The van der Waals surface area contributed by atoms with E-state index in [1.807, 2.05) is 0 Å². The summed E-state index contributed by atoms with van der Waals surface area (Å²) in [6.07, 6.45) is -8.83. The molecule has 29 heavy (non-hydrogen) atoms. The first kappa shape index (κ1) is 23.5. The van der Waals surface area contributed by atoms with Crippen molar-refractivity contribution in [3.8, 4) is 0 Å². The third-order valence-corrected chi connectivity index (χ3v) is 5.17. The van der Waals surface area contributed by atoms with Crippen LogP contribution in [0.2, 0.25) is 0 Å². The molecule has 0 amide bonds. The van der Waals surface area contributed by atoms with Crippen LogP contribution < -0.4 is 5.32 Å². The minimum absolute atomic E-state index is 0.126. The number of rotatable bonds is 6. The van der Waals surface area contributed by atoms with Gasteiger partial charge in [-0.2, -0.15) is 22.0 Å². The average Bonchev–Trinajstić information content (AvgIpc) is 3.11. The van der Waals surface area contributed by atoms with Crippen LogP contribution in [0.25, 0.3) is 0 Å². The van der Waals surface area contributed by atoms with Crippen molar-refractivity contribution in [3.63, 3.8) is 0 Å². The SMILES string of the molecule is CNCc1ccc(C(F)(F)OC(=O)C2C(C=C(Cl)C(F)(F)F)C2(C)C)c(F)c1F. The number of carbonyl (C=O) groups is 1. The largest absolute Gasteiger partial charge is 0.431 e. The van der Waals surface area contributed by atoms with Crippen molar-refractivity contribution in [2.75, 3.05) is 7.05 Å². The predicted molar refractivity (Wildman–Crippen MR) is 89.9 cm³/mol. The molecule has 0 heterocycles. The fraction of sp³-hybridized carbons (Fsp3) is 0.500. The van der Waals surface area contributed by atoms with Crippen molar-refractivity contribution in [1.29, 1.82) is 0 Å². The molecule has 3 nitrogen and oxygen atoms in total. The van der Waals surface area contributed by atoms with Gasteiger partial charge in [0.25, 0.3) is 0 Å². The second kappa shape index (κ2) is 7.79. The topological polar surface area (TPSA) is 38.3 Å². The number of halogens is 8. The van der Waals surface area contributed by atoms with E-state index in [2.05, 4.69) is 10.1 Å². The number of hydrogen-bond acceptors (Lipinski definition) is 3. The zero-order valence-corrected chi connectivity index (χ0v) is 16.2. The minimum Gasteiger partial charge on any atom is -0.397 e. The second-order valence-corrected chi connectivity index (χ2v) is 7.61. The van der Waals surface area contributed by atoms with E-state index in [9.17, 15) is 35.5 Å². The van der Waals surface area contributed by atoms with E-state index in [-0.39, 0.29) is 12.1 Å². The van der Waals surface area contributed by atoms with Crippen molar-refractivity contribution in [2.24, 2.45) is 17.3 Å². The van der Waals surface area contributed by atoms with E-state index in [0.717, 1.165) is 6.07 Å². The Bertz CT molecular complexity index is 836. The van der Waals surface area contributed by atoms with E-state index in [1.54, 1.807) is 0 Å². The summed E-state index contributed by atoms with van der Waals surface area (Å²) in [5.74, 6) is -7.44. The van der Waals surface area contributed by atoms with E-state index in [1.165, 1.54) is 20.9 Å². The predicted octanol–water partition coefficient (Wildman–Crippen LogP) is 5.23. The van der Waals surface area contributed by atoms with Gasteiger partial charge in [0.2, 0.25) is 0 Å². The van der Waals surface area contributed by atoms with Crippen LogP contribution in [0.15, 0.2) is 23.2 Å². The number of hydrogen-bond donors (Lipinski definition) is 1. The first-order chi connectivity index (χ1) is 13.1. The van der Waals surface area contributed by atoms with Crippen LogP contribution in [0.5, 0.6) is 0 Å². The third-order valence-electron chi connectivity index (χ3n) is 4.83. The maximum atomic E-state index is 14.3. The van der Waals surface area contributed by atoms with E-state index < -0.39 is 57.7 Å². The molecule has 2 unspecified atom stereocenters. The van der Waals surface area contributed by atoms with Crippen LogP contribution in [0, 0.1) is 28.9 Å². The maximum absolute atomic E-state index is 14.3. The highest BCUT2D eigenvalue weighted by molar-refractivity contribution is 6.30. The number of nitrogens with one attached hydrogen (secondary N) is 1. The molecule has 0 aliphatic heterocycles. The smallest absolute Gasteiger partial charge is 0.397 e. The van der Waals surface area contributed by atoms with Crippen LogP contribution in [-0.2, 0) is 22.2 Å². The summed E-state index contributed by atoms with van der Waals surface area (Å²) in [7, 11) is 1.44. The summed E-state index contributed by atoms with van der Waals surface area (Å²) in [6, 6.07) is 1.48. The lowest BCUT2D eigenvalue weighted by Gasteiger charge is -2.19. The van der Waals surface area contributed by atoms with Crippen molar-refractivity contribution < 1.29 is 40.3 Å². The lowest BCUT2D eigenvalue weighted by atomic mass is 10.1. The summed E-state index contributed by atoms with van der Waals surface area (Å²) in [4.78, 5) is 12.1. The van der Waals surface area contributed by atoms with Gasteiger partial charge in [0.05, 0.1) is 5.92 Å². The van der Waals surface area contributed by atoms with Crippen LogP contribution >= 0.6 is 11.6 Å². The Balaban J connectivity index is 2.23. The Morgan fingerprint density at radius 3 is 2.31 bits per heavy atom. The normalized spacial score (nSPS) is 21.8. The Morgan fingerprint density at radius 2 is 1.79 bits per heavy atom. The first-order valence-electron chi connectivity index (χ1n) is 8.31. The number of ether oxygens (including phenoxy) is 1. The third kappa shape index (κ3) is 4.69. The fourth-order valence-electron chi connectivity index (χ4n) is 3.08. The lowest BCUT2D eigenvalue weighted by molar-refractivity contribution is -0.243. The van der Waals surface area contributed by atoms with E-state index in [0.29, 0.717) is 12.1 Å². The van der Waals surface area contributed by atoms with Crippen molar-refractivity contribution in [1.82, 2.24) is 5.32 Å². The summed E-state index contributed by atoms with van der Waals surface area (Å²) in [5, 5.41) is 1.04. The van der Waals surface area contributed by atoms with Gasteiger partial charge in [-0.3, -0.25) is 4.79 Å². The van der Waals surface area contributed by atoms with Gasteiger partial charge in [-0.1, -0.05) is 37.6 Å². The molecule has 0 spiro atoms. The van der Waals surface area contributed by atoms with Gasteiger partial charge in [0, 0.05) is 12.1 Å². The molecule has 2 atom stereocenters. The summed E-state index contributed by atoms with van der Waals surface area (Å²) in [6.45, 7) is 2.61. The van der Waals surface area contributed by atoms with Gasteiger partial charge in [-0.05, 0) is 24.4 Å². The molecule has 0 saturated heterocycles. The standard InChI is InChI=1S/C18H17ClF7NO2/c1-16(2)10(6-11(19)17(22,23)24)12(16)15(28)29-18(25,26)9-5-4-8(7-27-3)13(20)14(9)21/h4-6,10,12,27H,7H2,1-3H3. The minimum atomic E-state index is -4.85. The highest BCUT2D eigenvalue weighted by atomic mass is 35.5. The Labute approximate surface area is 166 Å². The van der Waals surface area contributed by atoms with E-state index in [4.69, 9.17) is 11.6 Å². The molecule has 11 heteroatoms. The van der Waals surface area contributed by atoms with Crippen LogP contribution in [0.3, 0.4) is 0 Å². The molecule has 0 bridgehead atoms. The number of benzene rings is 1. The van der Waals surface area contributed by atoms with Crippen molar-refractivity contribution in [2.45, 2.75) is 32.7 Å². The van der Waals surface area contributed by atoms with Crippen molar-refractivity contribution >= 4 is 17.6 Å². The monoisotopic (exact) mass is 447 g/mol. The lowest BCUT2D eigenvalue weighted by Crippen LogP contribution is -2.27. The molecule has 1 aliphatic carbocycles. The average molecular weight is 448 g/mol. The van der Waals surface area contributed by atoms with Gasteiger partial charge in [0.1, 0.15) is 10.6 Å². The fourth-order valence-corrected chi connectivity index (χ4v) is 3.21. The molecule has 1 saturated carbocycles. The van der Waals surface area contributed by atoms with Gasteiger partial charge >= 0.3 is 18.3 Å². The molecular weight excluding hydrogens is 431 g/mol. The van der Waals surface area contributed by atoms with Gasteiger partial charge < -0.3 is 10.1 Å². The Kier molecular flexibility index (Phi) is 6.30. The molecule has 2 rings (SSSR count). The van der Waals surface area contributed by atoms with Gasteiger partial charge in [-0.15, -0.1) is 0 Å². The van der Waals surface area contributed by atoms with Crippen LogP contribution in [0.4, 0.5) is 30.7 Å². The molecule has 1 aromatic rings. The zero-order chi connectivity index (χ0) is 22.4. The molecule has 1 N–H and O–H groups in total. The summed E-state index contributed by atoms with van der Waals surface area (Å²) >= 11 is 5.14. The molecule has 0 aromatic heterocycles. The number of carbonyl (C=O) groups excluding carboxylic acids is 1. The first-order valence-corrected chi connectivity index (χ1v) is 8.69. The second-order valence-electron chi connectivity index (χ2n) is 7.21. The molecule has 0 radical (unpaired) electrons. The zero-order valence-electron chi connectivity index (χ0n) is 15.4. The van der Waals surface area contributed by atoms with Crippen LogP contribution in [0.1, 0.15) is 25.0 Å². The number of allylic oxidation sites excluding steroid dienone is 2. The highest BCUT2D eigenvalue weighted by Gasteiger charge is 2.63. The molecule has 1 aliphatic rings. The number of esters is 1. The molecule has 1 fully saturated rings. The van der Waals surface area contributed by atoms with Crippen LogP contribution in [-0.4, -0.2) is 19.2 Å². The summed E-state index contributed by atoms with van der Waals surface area (Å²) in [5.41, 5.74) is -2.85. The Morgan fingerprint density at radius 1 is 1.21 bits per heavy atom. The quantitative estimate of drug-likeness (QED) is 0.479. The highest BCUT2D eigenvalue weighted by Crippen LogP contribution is 2.61. The molecular formula is C18H17ClF7NO2. The maximum Gasteiger partial charge on any atom is 0.431 e. The van der Waals surface area contributed by atoms with Gasteiger partial charge in [-0.25, -0.2) is 8.78 Å². The van der Waals surface area contributed by atoms with Gasteiger partial charge in [0.15, 0.2) is 11.6 Å². The van der Waals surface area contributed by atoms with Crippen molar-refractivity contribution in [3.05, 3.63) is 46.0 Å². The summed E-state index contributed by atoms with van der Waals surface area (Å²) < 4.78 is 98.3. The molecule has 162 valence electrons. The molecule has 1 aromatic carbocycles. The Hall–Kier alpha value is -1.81.